The lowest BCUT2D eigenvalue weighted by Gasteiger charge is -2.18. The molecule has 0 amide bonds. The molecular formula is C40H48Br2O2S. The Kier molecular flexibility index (Phi) is 15.9. The van der Waals surface area contributed by atoms with E-state index in [9.17, 15) is 0 Å². The van der Waals surface area contributed by atoms with Crippen LogP contribution in [0.25, 0.3) is 0 Å². The third-order valence-electron chi connectivity index (χ3n) is 8.54. The topological polar surface area (TPSA) is 18.5 Å². The van der Waals surface area contributed by atoms with E-state index < -0.39 is 0 Å². The first-order chi connectivity index (χ1) is 22.0. The minimum atomic E-state index is 0.651. The van der Waals surface area contributed by atoms with Gasteiger partial charge in [0, 0.05) is 8.95 Å². The van der Waals surface area contributed by atoms with Crippen LogP contribution in [0.1, 0.15) is 60.8 Å². The highest BCUT2D eigenvalue weighted by atomic mass is 79.9. The van der Waals surface area contributed by atoms with Crippen molar-refractivity contribution in [3.63, 3.8) is 0 Å². The molecule has 4 aromatic carbocycles. The van der Waals surface area contributed by atoms with Crippen molar-refractivity contribution in [1.82, 2.24) is 0 Å². The van der Waals surface area contributed by atoms with Crippen LogP contribution in [0.15, 0.2) is 106 Å². The number of rotatable bonds is 20. The van der Waals surface area contributed by atoms with Gasteiger partial charge in [-0.25, -0.2) is 0 Å². The summed E-state index contributed by atoms with van der Waals surface area (Å²) >= 11 is 9.31. The molecule has 4 aromatic rings. The molecule has 4 rings (SSSR count). The molecule has 240 valence electrons. The molecule has 2 atom stereocenters. The Hall–Kier alpha value is -2.21. The number of hydrogen-bond donors (Lipinski definition) is 0. The average Bonchev–Trinajstić information content (AvgIpc) is 3.06. The third kappa shape index (κ3) is 13.6. The quantitative estimate of drug-likeness (QED) is 0.0838. The van der Waals surface area contributed by atoms with E-state index in [0.717, 1.165) is 46.1 Å². The van der Waals surface area contributed by atoms with Gasteiger partial charge in [0.2, 0.25) is 0 Å². The van der Waals surface area contributed by atoms with Gasteiger partial charge in [0.15, 0.2) is 0 Å². The van der Waals surface area contributed by atoms with Crippen LogP contribution in [-0.2, 0) is 25.7 Å². The first-order valence-corrected chi connectivity index (χ1v) is 19.1. The summed E-state index contributed by atoms with van der Waals surface area (Å²) in [5, 5.41) is 0. The second-order valence-electron chi connectivity index (χ2n) is 12.1. The Balaban J connectivity index is 1.17. The van der Waals surface area contributed by atoms with Gasteiger partial charge in [0.25, 0.3) is 0 Å². The van der Waals surface area contributed by atoms with Crippen molar-refractivity contribution in [2.24, 2.45) is 11.8 Å². The van der Waals surface area contributed by atoms with E-state index in [1.54, 1.807) is 14.2 Å². The summed E-state index contributed by atoms with van der Waals surface area (Å²) in [4.78, 5) is 0. The van der Waals surface area contributed by atoms with E-state index >= 15 is 0 Å². The summed E-state index contributed by atoms with van der Waals surface area (Å²) in [6.07, 6.45) is 12.2. The number of benzene rings is 4. The molecule has 0 aliphatic heterocycles. The van der Waals surface area contributed by atoms with Crippen molar-refractivity contribution in [3.8, 4) is 11.5 Å². The lowest BCUT2D eigenvalue weighted by atomic mass is 9.88. The Morgan fingerprint density at radius 1 is 0.467 bits per heavy atom. The van der Waals surface area contributed by atoms with E-state index in [0.29, 0.717) is 11.8 Å². The van der Waals surface area contributed by atoms with Gasteiger partial charge in [-0.1, -0.05) is 93.2 Å². The van der Waals surface area contributed by atoms with Crippen molar-refractivity contribution >= 4 is 43.6 Å². The molecule has 0 saturated carbocycles. The maximum atomic E-state index is 5.37. The maximum absolute atomic E-state index is 5.37. The summed E-state index contributed by atoms with van der Waals surface area (Å²) in [5.74, 6) is 5.69. The summed E-state index contributed by atoms with van der Waals surface area (Å²) in [6.45, 7) is 0. The number of halogens is 2. The Labute approximate surface area is 293 Å². The molecule has 0 radical (unpaired) electrons. The molecule has 45 heavy (non-hydrogen) atoms. The first kappa shape index (κ1) is 35.6. The summed E-state index contributed by atoms with van der Waals surface area (Å²) in [5.41, 5.74) is 5.66. The Bertz CT molecular complexity index is 1250. The molecule has 2 nitrogen and oxygen atoms in total. The van der Waals surface area contributed by atoms with Crippen molar-refractivity contribution in [2.45, 2.75) is 64.2 Å². The van der Waals surface area contributed by atoms with Crippen LogP contribution in [0.3, 0.4) is 0 Å². The monoisotopic (exact) mass is 750 g/mol. The molecule has 0 saturated heterocycles. The molecule has 0 N–H and O–H groups in total. The molecule has 0 spiro atoms. The molecule has 0 aromatic heterocycles. The fourth-order valence-corrected chi connectivity index (χ4v) is 7.58. The number of hydrogen-bond acceptors (Lipinski definition) is 3. The Morgan fingerprint density at radius 2 is 0.778 bits per heavy atom. The predicted molar refractivity (Wildman–Crippen MR) is 201 cm³/mol. The van der Waals surface area contributed by atoms with Gasteiger partial charge in [0.05, 0.1) is 14.2 Å². The number of unbranched alkanes of at least 4 members (excludes halogenated alkanes) is 2. The van der Waals surface area contributed by atoms with Gasteiger partial charge in [-0.15, -0.1) is 0 Å². The van der Waals surface area contributed by atoms with Gasteiger partial charge in [-0.3, -0.25) is 0 Å². The van der Waals surface area contributed by atoms with E-state index in [4.69, 9.17) is 9.47 Å². The average molecular weight is 753 g/mol. The highest BCUT2D eigenvalue weighted by molar-refractivity contribution is 9.10. The zero-order valence-corrected chi connectivity index (χ0v) is 30.8. The fourth-order valence-electron chi connectivity index (χ4n) is 6.03. The van der Waals surface area contributed by atoms with Crippen LogP contribution in [-0.4, -0.2) is 25.7 Å². The molecule has 5 heteroatoms. The van der Waals surface area contributed by atoms with E-state index in [-0.39, 0.29) is 0 Å². The SMILES string of the molecule is COc1ccc(CC(CCCCSCCCCC(Cc2ccc(Br)cc2)Cc2ccc(OC)cc2)Cc2ccc(Br)cc2)cc1. The minimum Gasteiger partial charge on any atom is -0.497 e. The number of thioether (sulfide) groups is 1. The second kappa shape index (κ2) is 20.1. The van der Waals surface area contributed by atoms with Gasteiger partial charge < -0.3 is 9.47 Å². The minimum absolute atomic E-state index is 0.651. The van der Waals surface area contributed by atoms with Crippen molar-refractivity contribution in [3.05, 3.63) is 128 Å². The molecular weight excluding hydrogens is 704 g/mol. The lowest BCUT2D eigenvalue weighted by molar-refractivity contribution is 0.414. The first-order valence-electron chi connectivity index (χ1n) is 16.3. The fraction of sp³-hybridized carbons (Fsp3) is 0.400. The summed E-state index contributed by atoms with van der Waals surface area (Å²) in [6, 6.07) is 35.0. The van der Waals surface area contributed by atoms with Crippen molar-refractivity contribution in [1.29, 1.82) is 0 Å². The highest BCUT2D eigenvalue weighted by Gasteiger charge is 2.13. The van der Waals surface area contributed by atoms with Crippen LogP contribution in [0.2, 0.25) is 0 Å². The van der Waals surface area contributed by atoms with Crippen LogP contribution >= 0.6 is 43.6 Å². The summed E-state index contributed by atoms with van der Waals surface area (Å²) < 4.78 is 13.0. The van der Waals surface area contributed by atoms with Gasteiger partial charge in [-0.05, 0) is 145 Å². The molecule has 0 fully saturated rings. The van der Waals surface area contributed by atoms with Crippen molar-refractivity contribution < 1.29 is 9.47 Å². The molecule has 0 aliphatic carbocycles. The van der Waals surface area contributed by atoms with Crippen LogP contribution in [0.4, 0.5) is 0 Å². The summed E-state index contributed by atoms with van der Waals surface area (Å²) in [7, 11) is 3.46. The van der Waals surface area contributed by atoms with Crippen molar-refractivity contribution in [2.75, 3.05) is 25.7 Å². The Morgan fingerprint density at radius 3 is 1.09 bits per heavy atom. The largest absolute Gasteiger partial charge is 0.497 e. The van der Waals surface area contributed by atoms with Crippen LogP contribution < -0.4 is 9.47 Å². The molecule has 0 heterocycles. The standard InChI is InChI=1S/C40H48Br2O2S/c1-43-39-21-13-33(14-22-39)29-35(27-31-9-17-37(41)18-10-31)7-3-5-25-45-26-6-4-8-36(28-32-11-19-38(42)20-12-32)30-34-15-23-40(44-2)24-16-34/h9-24,35-36H,3-8,25-30H2,1-2H3. The van der Waals surface area contributed by atoms with E-state index in [1.807, 2.05) is 0 Å². The highest BCUT2D eigenvalue weighted by Crippen LogP contribution is 2.26. The van der Waals surface area contributed by atoms with E-state index in [2.05, 4.69) is 141 Å². The normalized spacial score (nSPS) is 12.5. The van der Waals surface area contributed by atoms with Crippen LogP contribution in [0.5, 0.6) is 11.5 Å². The van der Waals surface area contributed by atoms with Gasteiger partial charge >= 0.3 is 0 Å². The third-order valence-corrected chi connectivity index (χ3v) is 10.8. The number of ether oxygens (including phenoxy) is 2. The zero-order valence-electron chi connectivity index (χ0n) is 26.9. The predicted octanol–water partition coefficient (Wildman–Crippen LogP) is 11.8. The lowest BCUT2D eigenvalue weighted by Crippen LogP contribution is -2.09. The molecule has 0 bridgehead atoms. The van der Waals surface area contributed by atoms with E-state index in [1.165, 1.54) is 72.3 Å². The van der Waals surface area contributed by atoms with Gasteiger partial charge in [-0.2, -0.15) is 11.8 Å². The smallest absolute Gasteiger partial charge is 0.118 e. The second-order valence-corrected chi connectivity index (χ2v) is 15.2. The zero-order chi connectivity index (χ0) is 31.7. The molecule has 0 aliphatic rings. The van der Waals surface area contributed by atoms with Crippen LogP contribution in [0, 0.1) is 11.8 Å². The number of methoxy groups -OCH3 is 2. The molecule has 2 unspecified atom stereocenters. The van der Waals surface area contributed by atoms with Gasteiger partial charge in [0.1, 0.15) is 11.5 Å². The maximum Gasteiger partial charge on any atom is 0.118 e.